The number of nitrogens with zero attached hydrogens (tertiary/aromatic N) is 1. The molecular formula is C13H15N3O2S. The molecule has 0 atom stereocenters. The molecule has 0 saturated heterocycles. The molecule has 0 fully saturated rings. The van der Waals surface area contributed by atoms with Crippen molar-refractivity contribution in [2.45, 2.75) is 6.54 Å². The van der Waals surface area contributed by atoms with Gasteiger partial charge >= 0.3 is 0 Å². The van der Waals surface area contributed by atoms with Gasteiger partial charge in [-0.1, -0.05) is 6.07 Å². The van der Waals surface area contributed by atoms with Crippen molar-refractivity contribution in [3.63, 3.8) is 0 Å². The molecule has 0 radical (unpaired) electrons. The Morgan fingerprint density at radius 2 is 2.37 bits per heavy atom. The molecule has 100 valence electrons. The van der Waals surface area contributed by atoms with Gasteiger partial charge in [0.25, 0.3) is 5.91 Å². The van der Waals surface area contributed by atoms with Gasteiger partial charge in [0.2, 0.25) is 0 Å². The predicted molar refractivity (Wildman–Crippen MR) is 75.4 cm³/mol. The minimum absolute atomic E-state index is 0.0203. The van der Waals surface area contributed by atoms with Crippen LogP contribution in [0.5, 0.6) is 5.75 Å². The van der Waals surface area contributed by atoms with Crippen LogP contribution in [0.3, 0.4) is 0 Å². The molecule has 1 heterocycles. The number of amides is 1. The van der Waals surface area contributed by atoms with Gasteiger partial charge < -0.3 is 15.4 Å². The van der Waals surface area contributed by atoms with Crippen molar-refractivity contribution in [3.8, 4) is 5.75 Å². The average Bonchev–Trinajstić information content (AvgIpc) is 2.96. The lowest BCUT2D eigenvalue weighted by atomic mass is 10.3. The largest absolute Gasteiger partial charge is 0.484 e. The summed E-state index contributed by atoms with van der Waals surface area (Å²) in [4.78, 5) is 15.3. The Labute approximate surface area is 115 Å². The van der Waals surface area contributed by atoms with Crippen LogP contribution in [-0.2, 0) is 11.3 Å². The molecule has 0 saturated carbocycles. The number of carbonyl (C=O) groups is 1. The fourth-order valence-corrected chi connectivity index (χ4v) is 1.99. The monoisotopic (exact) mass is 277 g/mol. The summed E-state index contributed by atoms with van der Waals surface area (Å²) in [5.41, 5.74) is 0.935. The Hall–Kier alpha value is -2.08. The van der Waals surface area contributed by atoms with Gasteiger partial charge in [0.05, 0.1) is 6.54 Å². The van der Waals surface area contributed by atoms with Crippen molar-refractivity contribution in [3.05, 3.63) is 40.8 Å². The van der Waals surface area contributed by atoms with Crippen molar-refractivity contribution in [2.75, 3.05) is 19.0 Å². The molecule has 1 aromatic heterocycles. The Bertz CT molecular complexity index is 528. The Morgan fingerprint density at radius 3 is 3.11 bits per heavy atom. The van der Waals surface area contributed by atoms with Crippen molar-refractivity contribution < 1.29 is 9.53 Å². The summed E-state index contributed by atoms with van der Waals surface area (Å²) >= 11 is 1.61. The second-order valence-corrected chi connectivity index (χ2v) is 4.75. The highest BCUT2D eigenvalue weighted by atomic mass is 32.1. The first-order valence-electron chi connectivity index (χ1n) is 5.83. The molecule has 1 amide bonds. The molecule has 0 spiro atoms. The van der Waals surface area contributed by atoms with Crippen molar-refractivity contribution >= 4 is 22.9 Å². The number of benzene rings is 1. The molecule has 0 aliphatic carbocycles. The van der Waals surface area contributed by atoms with Gasteiger partial charge in [0.1, 0.15) is 10.8 Å². The number of ether oxygens (including phenoxy) is 1. The fraction of sp³-hybridized carbons (Fsp3) is 0.231. The van der Waals surface area contributed by atoms with Crippen LogP contribution < -0.4 is 15.4 Å². The highest BCUT2D eigenvalue weighted by molar-refractivity contribution is 7.09. The van der Waals surface area contributed by atoms with E-state index in [0.717, 1.165) is 10.7 Å². The van der Waals surface area contributed by atoms with Gasteiger partial charge in [-0.2, -0.15) is 0 Å². The quantitative estimate of drug-likeness (QED) is 0.846. The van der Waals surface area contributed by atoms with E-state index < -0.39 is 0 Å². The number of rotatable bonds is 6. The molecule has 2 N–H and O–H groups in total. The predicted octanol–water partition coefficient (Wildman–Crippen LogP) is 1.88. The van der Waals surface area contributed by atoms with E-state index in [1.54, 1.807) is 24.6 Å². The average molecular weight is 277 g/mol. The molecule has 6 heteroatoms. The van der Waals surface area contributed by atoms with E-state index in [4.69, 9.17) is 4.74 Å². The summed E-state index contributed by atoms with van der Waals surface area (Å²) in [5.74, 6) is 0.508. The number of likely N-dealkylation sites (N-methyl/N-ethyl adjacent to an activating group) is 1. The van der Waals surface area contributed by atoms with Crippen LogP contribution in [0.1, 0.15) is 5.01 Å². The summed E-state index contributed by atoms with van der Waals surface area (Å²) in [6, 6.07) is 7.50. The standard InChI is InChI=1S/C13H15N3O2S/c1-14-12(17)9-18-11-4-2-3-10(7-11)16-8-13-15-5-6-19-13/h2-7,16H,8-9H2,1H3,(H,14,17). The van der Waals surface area contributed by atoms with E-state index in [0.29, 0.717) is 12.3 Å². The number of carbonyl (C=O) groups excluding carboxylic acids is 1. The molecule has 0 aliphatic heterocycles. The molecule has 0 aliphatic rings. The molecular weight excluding hydrogens is 262 g/mol. The SMILES string of the molecule is CNC(=O)COc1cccc(NCc2nccs2)c1. The summed E-state index contributed by atoms with van der Waals surface area (Å²) in [6.45, 7) is 0.697. The van der Waals surface area contributed by atoms with Crippen molar-refractivity contribution in [1.29, 1.82) is 0 Å². The first-order valence-corrected chi connectivity index (χ1v) is 6.71. The molecule has 2 rings (SSSR count). The van der Waals surface area contributed by atoms with Gasteiger partial charge in [-0.3, -0.25) is 4.79 Å². The second kappa shape index (κ2) is 6.75. The molecule has 0 unspecified atom stereocenters. The summed E-state index contributed by atoms with van der Waals surface area (Å²) in [5, 5.41) is 8.73. The molecule has 1 aromatic carbocycles. The maximum absolute atomic E-state index is 11.1. The van der Waals surface area contributed by atoms with E-state index in [-0.39, 0.29) is 12.5 Å². The Morgan fingerprint density at radius 1 is 1.47 bits per heavy atom. The van der Waals surface area contributed by atoms with Crippen LogP contribution >= 0.6 is 11.3 Å². The van der Waals surface area contributed by atoms with Gasteiger partial charge in [0, 0.05) is 30.4 Å². The summed E-state index contributed by atoms with van der Waals surface area (Å²) in [7, 11) is 1.58. The molecule has 19 heavy (non-hydrogen) atoms. The van der Waals surface area contributed by atoms with E-state index in [1.807, 2.05) is 29.6 Å². The maximum Gasteiger partial charge on any atom is 0.257 e. The first-order chi connectivity index (χ1) is 9.28. The topological polar surface area (TPSA) is 63.2 Å². The van der Waals surface area contributed by atoms with E-state index in [1.165, 1.54) is 0 Å². The third-order valence-corrected chi connectivity index (χ3v) is 3.19. The highest BCUT2D eigenvalue weighted by Gasteiger charge is 2.01. The summed E-state index contributed by atoms with van der Waals surface area (Å²) in [6.07, 6.45) is 1.78. The molecule has 2 aromatic rings. The minimum Gasteiger partial charge on any atom is -0.484 e. The van der Waals surface area contributed by atoms with Gasteiger partial charge in [-0.05, 0) is 12.1 Å². The smallest absolute Gasteiger partial charge is 0.257 e. The van der Waals surface area contributed by atoms with Crippen LogP contribution in [0.2, 0.25) is 0 Å². The van der Waals surface area contributed by atoms with Crippen LogP contribution in [0.4, 0.5) is 5.69 Å². The normalized spacial score (nSPS) is 9.95. The molecule has 0 bridgehead atoms. The number of hydrogen-bond acceptors (Lipinski definition) is 5. The zero-order valence-electron chi connectivity index (χ0n) is 10.6. The Kier molecular flexibility index (Phi) is 4.74. The third kappa shape index (κ3) is 4.26. The third-order valence-electron chi connectivity index (χ3n) is 2.41. The fourth-order valence-electron chi connectivity index (χ4n) is 1.43. The highest BCUT2D eigenvalue weighted by Crippen LogP contribution is 2.18. The Balaban J connectivity index is 1.89. The first kappa shape index (κ1) is 13.4. The van der Waals surface area contributed by atoms with Crippen LogP contribution in [0, 0.1) is 0 Å². The van der Waals surface area contributed by atoms with E-state index >= 15 is 0 Å². The van der Waals surface area contributed by atoms with Gasteiger partial charge in [-0.25, -0.2) is 4.98 Å². The maximum atomic E-state index is 11.1. The second-order valence-electron chi connectivity index (χ2n) is 3.77. The van der Waals surface area contributed by atoms with Crippen LogP contribution in [0.15, 0.2) is 35.8 Å². The number of nitrogens with one attached hydrogen (secondary N) is 2. The lowest BCUT2D eigenvalue weighted by Crippen LogP contribution is -2.24. The van der Waals surface area contributed by atoms with Gasteiger partial charge in [0.15, 0.2) is 6.61 Å². The number of thiazole rings is 1. The lowest BCUT2D eigenvalue weighted by Gasteiger charge is -2.08. The van der Waals surface area contributed by atoms with Crippen LogP contribution in [0.25, 0.3) is 0 Å². The number of anilines is 1. The van der Waals surface area contributed by atoms with Gasteiger partial charge in [-0.15, -0.1) is 11.3 Å². The minimum atomic E-state index is -0.152. The zero-order chi connectivity index (χ0) is 13.5. The number of hydrogen-bond donors (Lipinski definition) is 2. The van der Waals surface area contributed by atoms with Crippen molar-refractivity contribution in [1.82, 2.24) is 10.3 Å². The zero-order valence-corrected chi connectivity index (χ0v) is 11.4. The lowest BCUT2D eigenvalue weighted by molar-refractivity contribution is -0.122. The molecule has 5 nitrogen and oxygen atoms in total. The van der Waals surface area contributed by atoms with Crippen LogP contribution in [-0.4, -0.2) is 24.5 Å². The van der Waals surface area contributed by atoms with Crippen molar-refractivity contribution in [2.24, 2.45) is 0 Å². The summed E-state index contributed by atoms with van der Waals surface area (Å²) < 4.78 is 5.37. The number of aromatic nitrogens is 1. The van der Waals surface area contributed by atoms with E-state index in [2.05, 4.69) is 15.6 Å². The van der Waals surface area contributed by atoms with E-state index in [9.17, 15) is 4.79 Å².